The quantitative estimate of drug-likeness (QED) is 0.630. The zero-order chi connectivity index (χ0) is 23.5. The smallest absolute Gasteiger partial charge is 0.410 e. The molecular weight excluding hydrogens is 428 g/mol. The number of aromatic amines is 1. The molecule has 2 aromatic rings. The molecule has 0 spiro atoms. The molecule has 0 aliphatic carbocycles. The van der Waals surface area contributed by atoms with Crippen LogP contribution >= 0.6 is 0 Å². The fraction of sp³-hybridized carbons (Fsp3) is 0.609. The third-order valence-electron chi connectivity index (χ3n) is 6.20. The molecule has 10 nitrogen and oxygen atoms in total. The highest BCUT2D eigenvalue weighted by Gasteiger charge is 2.43. The van der Waals surface area contributed by atoms with E-state index in [1.807, 2.05) is 0 Å². The highest BCUT2D eigenvalue weighted by molar-refractivity contribution is 5.88. The minimum Gasteiger partial charge on any atom is -0.450 e. The van der Waals surface area contributed by atoms with Crippen molar-refractivity contribution in [3.8, 4) is 6.01 Å². The molecule has 2 aliphatic rings. The van der Waals surface area contributed by atoms with Crippen molar-refractivity contribution in [1.82, 2.24) is 14.9 Å². The molecular formula is C23H30N4O6. The van der Waals surface area contributed by atoms with Crippen LogP contribution in [0.5, 0.6) is 6.01 Å². The number of piperidine rings is 1. The molecule has 2 saturated heterocycles. The molecule has 33 heavy (non-hydrogen) atoms. The van der Waals surface area contributed by atoms with Gasteiger partial charge in [-0.2, -0.15) is 4.98 Å². The summed E-state index contributed by atoms with van der Waals surface area (Å²) < 4.78 is 10.3. The second-order valence-corrected chi connectivity index (χ2v) is 9.08. The number of carbonyl (C=O) groups excluding carboxylic acids is 1. The maximum absolute atomic E-state index is 12.7. The van der Waals surface area contributed by atoms with E-state index in [-0.39, 0.29) is 35.3 Å². The van der Waals surface area contributed by atoms with E-state index >= 15 is 0 Å². The van der Waals surface area contributed by atoms with Gasteiger partial charge in [-0.25, -0.2) is 9.59 Å². The Kier molecular flexibility index (Phi) is 6.80. The lowest BCUT2D eigenvalue weighted by Crippen LogP contribution is -2.47. The third kappa shape index (κ3) is 5.09. The standard InChI is InChI=1S/C23H30N4O6/c1-4-31-23(30)27-16-8-9-17(27)12-15(11-16)26-33-22-24-20(29)19-14(7-5-6-13(2)3)10-18(28)32-21(19)25-22/h10,13,16-17H,4-9,11-12H2,1-3H3,(H,24,25,29)/b26-15-/t16-,17+/m1/s1. The van der Waals surface area contributed by atoms with Crippen molar-refractivity contribution in [2.24, 2.45) is 11.1 Å². The van der Waals surface area contributed by atoms with E-state index in [1.165, 1.54) is 6.07 Å². The fourth-order valence-corrected chi connectivity index (χ4v) is 4.74. The van der Waals surface area contributed by atoms with Gasteiger partial charge in [-0.15, -0.1) is 0 Å². The summed E-state index contributed by atoms with van der Waals surface area (Å²) in [5.41, 5.74) is 0.361. The first-order valence-corrected chi connectivity index (χ1v) is 11.6. The first-order valence-electron chi connectivity index (χ1n) is 11.6. The number of nitrogens with zero attached hydrogens (tertiary/aromatic N) is 3. The Morgan fingerprint density at radius 1 is 1.30 bits per heavy atom. The minimum absolute atomic E-state index is 0.0279. The Balaban J connectivity index is 1.51. The number of amides is 1. The fourth-order valence-electron chi connectivity index (χ4n) is 4.74. The molecule has 0 unspecified atom stereocenters. The number of ether oxygens (including phenoxy) is 1. The number of carbonyl (C=O) groups is 1. The molecule has 178 valence electrons. The second kappa shape index (κ2) is 9.76. The van der Waals surface area contributed by atoms with Crippen molar-refractivity contribution in [2.75, 3.05) is 6.61 Å². The maximum Gasteiger partial charge on any atom is 0.410 e. The van der Waals surface area contributed by atoms with Crippen LogP contribution < -0.4 is 16.0 Å². The molecule has 0 radical (unpaired) electrons. The van der Waals surface area contributed by atoms with Crippen LogP contribution in [-0.2, 0) is 11.2 Å². The maximum atomic E-state index is 12.7. The molecule has 2 atom stereocenters. The van der Waals surface area contributed by atoms with Crippen LogP contribution in [0.25, 0.3) is 11.1 Å². The van der Waals surface area contributed by atoms with E-state index < -0.39 is 11.2 Å². The number of nitrogens with one attached hydrogen (secondary N) is 1. The topological polar surface area (TPSA) is 127 Å². The van der Waals surface area contributed by atoms with E-state index in [0.29, 0.717) is 37.4 Å². The number of hydrogen-bond acceptors (Lipinski definition) is 8. The number of H-pyrrole nitrogens is 1. The summed E-state index contributed by atoms with van der Waals surface area (Å²) in [6.45, 7) is 6.39. The van der Waals surface area contributed by atoms with Crippen LogP contribution in [0.15, 0.2) is 25.2 Å². The summed E-state index contributed by atoms with van der Waals surface area (Å²) in [4.78, 5) is 50.9. The van der Waals surface area contributed by atoms with Gasteiger partial charge in [-0.3, -0.25) is 9.78 Å². The molecule has 1 N–H and O–H groups in total. The Morgan fingerprint density at radius 3 is 2.70 bits per heavy atom. The Labute approximate surface area is 191 Å². The van der Waals surface area contributed by atoms with Gasteiger partial charge in [0.2, 0.25) is 5.71 Å². The lowest BCUT2D eigenvalue weighted by atomic mass is 10.0. The van der Waals surface area contributed by atoms with Crippen molar-refractivity contribution in [3.05, 3.63) is 32.4 Å². The van der Waals surface area contributed by atoms with Crippen molar-refractivity contribution in [2.45, 2.75) is 77.8 Å². The van der Waals surface area contributed by atoms with Crippen molar-refractivity contribution in [3.63, 3.8) is 0 Å². The second-order valence-electron chi connectivity index (χ2n) is 9.08. The SMILES string of the molecule is CCOC(=O)N1[C@@H]2CC[C@H]1C/C(=N\Oc1nc3oc(=O)cc(CCCC(C)C)c3c(=O)[nH]1)C2. The molecule has 1 amide bonds. The van der Waals surface area contributed by atoms with Crippen LogP contribution in [-0.4, -0.2) is 45.4 Å². The van der Waals surface area contributed by atoms with Gasteiger partial charge in [0.25, 0.3) is 5.56 Å². The summed E-state index contributed by atoms with van der Waals surface area (Å²) >= 11 is 0. The van der Waals surface area contributed by atoms with Gasteiger partial charge in [0.1, 0.15) is 5.39 Å². The lowest BCUT2D eigenvalue weighted by molar-refractivity contribution is 0.0856. The molecule has 2 aromatic heterocycles. The van der Waals surface area contributed by atoms with Crippen LogP contribution in [0.3, 0.4) is 0 Å². The van der Waals surface area contributed by atoms with Crippen LogP contribution in [0.2, 0.25) is 0 Å². The van der Waals surface area contributed by atoms with Crippen molar-refractivity contribution < 1.29 is 18.8 Å². The van der Waals surface area contributed by atoms with Crippen LogP contribution in [0.4, 0.5) is 4.79 Å². The number of rotatable bonds is 7. The number of hydrogen-bond donors (Lipinski definition) is 1. The van der Waals surface area contributed by atoms with Gasteiger partial charge < -0.3 is 18.9 Å². The van der Waals surface area contributed by atoms with Crippen LogP contribution in [0, 0.1) is 5.92 Å². The van der Waals surface area contributed by atoms with E-state index in [2.05, 4.69) is 29.0 Å². The summed E-state index contributed by atoms with van der Waals surface area (Å²) in [7, 11) is 0. The van der Waals surface area contributed by atoms with Gasteiger partial charge >= 0.3 is 17.7 Å². The Bertz CT molecular complexity index is 1150. The predicted octanol–water partition coefficient (Wildman–Crippen LogP) is 3.37. The van der Waals surface area contributed by atoms with Gasteiger partial charge in [0, 0.05) is 31.0 Å². The van der Waals surface area contributed by atoms with E-state index in [1.54, 1.807) is 11.8 Å². The van der Waals surface area contributed by atoms with Crippen LogP contribution in [0.1, 0.15) is 64.9 Å². The number of aromatic nitrogens is 2. The average molecular weight is 459 g/mol. The first-order chi connectivity index (χ1) is 15.9. The summed E-state index contributed by atoms with van der Waals surface area (Å²) in [5, 5.41) is 4.44. The van der Waals surface area contributed by atoms with E-state index in [4.69, 9.17) is 14.0 Å². The molecule has 2 fully saturated rings. The Morgan fingerprint density at radius 2 is 2.03 bits per heavy atom. The average Bonchev–Trinajstić information content (AvgIpc) is 3.02. The summed E-state index contributed by atoms with van der Waals surface area (Å²) in [6.07, 6.45) is 5.06. The number of fused-ring (bicyclic) bond motifs is 3. The minimum atomic E-state index is -0.555. The molecule has 2 aliphatic heterocycles. The van der Waals surface area contributed by atoms with Crippen molar-refractivity contribution >= 4 is 22.9 Å². The third-order valence-corrected chi connectivity index (χ3v) is 6.20. The van der Waals surface area contributed by atoms with E-state index in [0.717, 1.165) is 31.4 Å². The molecule has 0 saturated carbocycles. The zero-order valence-corrected chi connectivity index (χ0v) is 19.3. The van der Waals surface area contributed by atoms with Gasteiger partial charge in [0.15, 0.2) is 0 Å². The van der Waals surface area contributed by atoms with Gasteiger partial charge in [-0.05, 0) is 44.1 Å². The monoisotopic (exact) mass is 458 g/mol. The normalized spacial score (nSPS) is 21.2. The summed E-state index contributed by atoms with van der Waals surface area (Å²) in [5.74, 6) is 0.534. The largest absolute Gasteiger partial charge is 0.450 e. The molecule has 2 bridgehead atoms. The Hall–Kier alpha value is -3.17. The zero-order valence-electron chi connectivity index (χ0n) is 19.3. The molecule has 0 aromatic carbocycles. The van der Waals surface area contributed by atoms with Gasteiger partial charge in [-0.1, -0.05) is 25.4 Å². The van der Waals surface area contributed by atoms with Crippen molar-refractivity contribution in [1.29, 1.82) is 0 Å². The first kappa shape index (κ1) is 23.0. The predicted molar refractivity (Wildman–Crippen MR) is 122 cm³/mol. The molecule has 4 heterocycles. The highest BCUT2D eigenvalue weighted by atomic mass is 16.6. The molecule has 10 heteroatoms. The number of oxime groups is 1. The van der Waals surface area contributed by atoms with Gasteiger partial charge in [0.05, 0.1) is 12.3 Å². The highest BCUT2D eigenvalue weighted by Crippen LogP contribution is 2.35. The molecule has 4 rings (SSSR count). The number of aryl methyl sites for hydroxylation is 1. The summed E-state index contributed by atoms with van der Waals surface area (Å²) in [6, 6.07) is 1.27. The van der Waals surface area contributed by atoms with E-state index in [9.17, 15) is 14.4 Å². The lowest BCUT2D eigenvalue weighted by Gasteiger charge is -2.34.